The molecular formula is C22H26FN3O. The van der Waals surface area contributed by atoms with Crippen LogP contribution in [0.2, 0.25) is 0 Å². The number of fused-ring (bicyclic) bond motifs is 1. The van der Waals surface area contributed by atoms with Gasteiger partial charge in [0.25, 0.3) is 0 Å². The van der Waals surface area contributed by atoms with E-state index in [1.54, 1.807) is 0 Å². The van der Waals surface area contributed by atoms with Crippen molar-refractivity contribution in [3.63, 3.8) is 0 Å². The number of aryl methyl sites for hydroxylation is 1. The lowest BCUT2D eigenvalue weighted by molar-refractivity contribution is 0.261. The first-order valence-electron chi connectivity index (χ1n) is 9.50. The van der Waals surface area contributed by atoms with Gasteiger partial charge in [-0.2, -0.15) is 0 Å². The third kappa shape index (κ3) is 3.52. The number of rotatable bonds is 5. The maximum absolute atomic E-state index is 14.2. The molecule has 0 spiro atoms. The summed E-state index contributed by atoms with van der Waals surface area (Å²) in [5.41, 5.74) is 3.46. The molecule has 142 valence electrons. The maximum Gasteiger partial charge on any atom is 0.165 e. The zero-order chi connectivity index (χ0) is 18.8. The van der Waals surface area contributed by atoms with Gasteiger partial charge in [-0.1, -0.05) is 18.2 Å². The zero-order valence-electron chi connectivity index (χ0n) is 16.0. The molecule has 0 radical (unpaired) electrons. The van der Waals surface area contributed by atoms with Crippen LogP contribution in [0.1, 0.15) is 5.56 Å². The predicted molar refractivity (Wildman–Crippen MR) is 108 cm³/mol. The smallest absolute Gasteiger partial charge is 0.165 e. The topological polar surface area (TPSA) is 20.6 Å². The lowest BCUT2D eigenvalue weighted by Gasteiger charge is -2.36. The minimum Gasteiger partial charge on any atom is -0.493 e. The van der Waals surface area contributed by atoms with Crippen molar-refractivity contribution in [3.05, 3.63) is 60.0 Å². The summed E-state index contributed by atoms with van der Waals surface area (Å²) in [4.78, 5) is 4.93. The van der Waals surface area contributed by atoms with E-state index in [1.807, 2.05) is 13.1 Å². The summed E-state index contributed by atoms with van der Waals surface area (Å²) in [6, 6.07) is 13.9. The summed E-state index contributed by atoms with van der Waals surface area (Å²) < 4.78 is 21.6. The molecule has 1 fully saturated rings. The average Bonchev–Trinajstić information content (AvgIpc) is 3.03. The van der Waals surface area contributed by atoms with E-state index in [9.17, 15) is 4.39 Å². The molecule has 4 rings (SSSR count). The van der Waals surface area contributed by atoms with Crippen LogP contribution in [-0.4, -0.2) is 49.3 Å². The molecule has 0 bridgehead atoms. The second-order valence-corrected chi connectivity index (χ2v) is 7.15. The number of methoxy groups -OCH3 is 1. The first-order chi connectivity index (χ1) is 13.2. The van der Waals surface area contributed by atoms with E-state index in [1.165, 1.54) is 18.9 Å². The number of hydrogen-bond acceptors (Lipinski definition) is 3. The molecule has 27 heavy (non-hydrogen) atoms. The largest absolute Gasteiger partial charge is 0.493 e. The van der Waals surface area contributed by atoms with Crippen molar-refractivity contribution in [2.75, 3.05) is 44.7 Å². The highest BCUT2D eigenvalue weighted by molar-refractivity contribution is 5.90. The predicted octanol–water partition coefficient (Wildman–Crippen LogP) is 3.69. The minimum absolute atomic E-state index is 0.297. The third-order valence-electron chi connectivity index (χ3n) is 5.53. The van der Waals surface area contributed by atoms with Crippen LogP contribution in [0.4, 0.5) is 10.1 Å². The molecule has 0 unspecified atom stereocenters. The Bertz CT molecular complexity index is 914. The Morgan fingerprint density at radius 2 is 1.74 bits per heavy atom. The van der Waals surface area contributed by atoms with Gasteiger partial charge in [0.2, 0.25) is 0 Å². The van der Waals surface area contributed by atoms with Gasteiger partial charge in [-0.3, -0.25) is 4.90 Å². The number of nitrogens with zero attached hydrogens (tertiary/aromatic N) is 3. The molecule has 0 amide bonds. The quantitative estimate of drug-likeness (QED) is 0.686. The second-order valence-electron chi connectivity index (χ2n) is 7.15. The molecule has 4 nitrogen and oxygen atoms in total. The van der Waals surface area contributed by atoms with Gasteiger partial charge >= 0.3 is 0 Å². The summed E-state index contributed by atoms with van der Waals surface area (Å²) in [5.74, 6) is 0.0610. The van der Waals surface area contributed by atoms with Gasteiger partial charge in [-0.25, -0.2) is 4.39 Å². The third-order valence-corrected chi connectivity index (χ3v) is 5.53. The monoisotopic (exact) mass is 367 g/mol. The molecule has 0 aliphatic carbocycles. The van der Waals surface area contributed by atoms with E-state index >= 15 is 0 Å². The molecule has 5 heteroatoms. The SMILES string of the molecule is COc1c(F)ccc2c1c(CCN1CCN(c3ccccc3)CC1)cn2C. The lowest BCUT2D eigenvalue weighted by atomic mass is 10.1. The molecule has 1 saturated heterocycles. The van der Waals surface area contributed by atoms with E-state index in [2.05, 4.69) is 50.9 Å². The van der Waals surface area contributed by atoms with Crippen molar-refractivity contribution >= 4 is 16.6 Å². The van der Waals surface area contributed by atoms with E-state index in [0.717, 1.165) is 55.6 Å². The molecule has 1 aromatic heterocycles. The summed E-state index contributed by atoms with van der Waals surface area (Å²) in [7, 11) is 3.54. The number of para-hydroxylation sites is 1. The van der Waals surface area contributed by atoms with Crippen molar-refractivity contribution in [1.82, 2.24) is 9.47 Å². The molecule has 1 aliphatic heterocycles. The molecule has 2 heterocycles. The molecule has 0 saturated carbocycles. The summed E-state index contributed by atoms with van der Waals surface area (Å²) in [5, 5.41) is 0.905. The van der Waals surface area contributed by atoms with Gasteiger partial charge in [0.1, 0.15) is 0 Å². The Morgan fingerprint density at radius 3 is 2.44 bits per heavy atom. The fraction of sp³-hybridized carbons (Fsp3) is 0.364. The van der Waals surface area contributed by atoms with Gasteiger partial charge < -0.3 is 14.2 Å². The molecular weight excluding hydrogens is 341 g/mol. The Balaban J connectivity index is 1.43. The van der Waals surface area contributed by atoms with Crippen LogP contribution in [0.25, 0.3) is 10.9 Å². The standard InChI is InChI=1S/C22H26FN3O/c1-24-16-17(21-20(24)9-8-19(23)22(21)27-2)10-11-25-12-14-26(15-13-25)18-6-4-3-5-7-18/h3-9,16H,10-15H2,1-2H3. The molecule has 2 aromatic carbocycles. The molecule has 3 aromatic rings. The molecule has 0 N–H and O–H groups in total. The number of aromatic nitrogens is 1. The van der Waals surface area contributed by atoms with Crippen molar-refractivity contribution in [3.8, 4) is 5.75 Å². The van der Waals surface area contributed by atoms with Crippen molar-refractivity contribution in [2.24, 2.45) is 7.05 Å². The number of piperazine rings is 1. The molecule has 1 aliphatic rings. The van der Waals surface area contributed by atoms with Crippen molar-refractivity contribution < 1.29 is 9.13 Å². The first kappa shape index (κ1) is 17.9. The Kier molecular flexibility index (Phi) is 5.03. The average molecular weight is 367 g/mol. The lowest BCUT2D eigenvalue weighted by Crippen LogP contribution is -2.46. The van der Waals surface area contributed by atoms with E-state index in [0.29, 0.717) is 5.75 Å². The highest BCUT2D eigenvalue weighted by Crippen LogP contribution is 2.33. The van der Waals surface area contributed by atoms with Gasteiger partial charge in [0, 0.05) is 57.0 Å². The van der Waals surface area contributed by atoms with Crippen LogP contribution in [0.15, 0.2) is 48.7 Å². The van der Waals surface area contributed by atoms with Crippen LogP contribution < -0.4 is 9.64 Å². The summed E-state index contributed by atoms with van der Waals surface area (Å²) in [6.45, 7) is 5.15. The van der Waals surface area contributed by atoms with Crippen LogP contribution in [0, 0.1) is 5.82 Å². The number of halogens is 1. The highest BCUT2D eigenvalue weighted by Gasteiger charge is 2.19. The van der Waals surface area contributed by atoms with Gasteiger partial charge in [0.15, 0.2) is 11.6 Å². The van der Waals surface area contributed by atoms with Gasteiger partial charge in [0.05, 0.1) is 12.6 Å². The Hall–Kier alpha value is -2.53. The zero-order valence-corrected chi connectivity index (χ0v) is 16.0. The minimum atomic E-state index is -0.297. The number of anilines is 1. The van der Waals surface area contributed by atoms with Crippen molar-refractivity contribution in [2.45, 2.75) is 6.42 Å². The normalized spacial score (nSPS) is 15.4. The highest BCUT2D eigenvalue weighted by atomic mass is 19.1. The van der Waals surface area contributed by atoms with Crippen LogP contribution in [0.5, 0.6) is 5.75 Å². The van der Waals surface area contributed by atoms with Crippen LogP contribution in [0.3, 0.4) is 0 Å². The van der Waals surface area contributed by atoms with E-state index in [4.69, 9.17) is 4.74 Å². The first-order valence-corrected chi connectivity index (χ1v) is 9.50. The molecule has 0 atom stereocenters. The number of benzene rings is 2. The second kappa shape index (κ2) is 7.61. The van der Waals surface area contributed by atoms with Crippen molar-refractivity contribution in [1.29, 1.82) is 0 Å². The Morgan fingerprint density at radius 1 is 1.00 bits per heavy atom. The Labute approximate surface area is 159 Å². The summed E-state index contributed by atoms with van der Waals surface area (Å²) in [6.07, 6.45) is 3.00. The van der Waals surface area contributed by atoms with Crippen LogP contribution in [-0.2, 0) is 13.5 Å². The van der Waals surface area contributed by atoms with Gasteiger partial charge in [-0.05, 0) is 36.2 Å². The number of ether oxygens (including phenoxy) is 1. The maximum atomic E-state index is 14.2. The fourth-order valence-corrected chi connectivity index (χ4v) is 4.06. The van der Waals surface area contributed by atoms with Crippen LogP contribution >= 0.6 is 0 Å². The van der Waals surface area contributed by atoms with E-state index < -0.39 is 0 Å². The number of hydrogen-bond donors (Lipinski definition) is 0. The van der Waals surface area contributed by atoms with E-state index in [-0.39, 0.29) is 5.82 Å². The summed E-state index contributed by atoms with van der Waals surface area (Å²) >= 11 is 0. The fourth-order valence-electron chi connectivity index (χ4n) is 4.06. The van der Waals surface area contributed by atoms with Gasteiger partial charge in [-0.15, -0.1) is 0 Å².